The molecule has 0 unspecified atom stereocenters. The van der Waals surface area contributed by atoms with Crippen LogP contribution in [0.2, 0.25) is 0 Å². The monoisotopic (exact) mass is 799 g/mol. The molecule has 0 atom stereocenters. The lowest BCUT2D eigenvalue weighted by molar-refractivity contribution is 0.438. The van der Waals surface area contributed by atoms with E-state index in [-0.39, 0.29) is 0 Å². The van der Waals surface area contributed by atoms with Crippen molar-refractivity contribution in [3.05, 3.63) is 143 Å². The standard InChI is InChI=1S/C52H62N8/c1-3-5-32-44-57-46-48(59(44)36-38-24-14-12-15-25-38)40-28-18-20-30-42(40)55-50(46)52(54,34-22-10-8-7-9-11-23-35-53)51-47-49(41-29-19-21-31-43(41)56-51)60(45(58-47)33-6-4-2)37-39-26-16-13-17-27-39/h12-21,24-31H,3-11,22-23,32-37,53-54H2,1-2H3. The Morgan fingerprint density at radius 3 is 1.35 bits per heavy atom. The van der Waals surface area contributed by atoms with Crippen molar-refractivity contribution in [2.24, 2.45) is 11.5 Å². The molecule has 0 aliphatic rings. The average Bonchev–Trinajstić information content (AvgIpc) is 3.83. The number of nitrogens with zero attached hydrogens (tertiary/aromatic N) is 6. The highest BCUT2D eigenvalue weighted by Crippen LogP contribution is 2.42. The van der Waals surface area contributed by atoms with Crippen LogP contribution in [0.4, 0.5) is 0 Å². The van der Waals surface area contributed by atoms with Crippen molar-refractivity contribution in [2.75, 3.05) is 6.54 Å². The number of hydrogen-bond donors (Lipinski definition) is 2. The Bertz CT molecular complexity index is 2470. The fraction of sp³-hybridized carbons (Fsp3) is 0.385. The van der Waals surface area contributed by atoms with Crippen molar-refractivity contribution < 1.29 is 0 Å². The maximum Gasteiger partial charge on any atom is 0.113 e. The highest BCUT2D eigenvalue weighted by molar-refractivity contribution is 6.06. The van der Waals surface area contributed by atoms with Crippen LogP contribution in [0.15, 0.2) is 109 Å². The van der Waals surface area contributed by atoms with Crippen molar-refractivity contribution in [1.82, 2.24) is 29.1 Å². The van der Waals surface area contributed by atoms with Gasteiger partial charge in [-0.25, -0.2) is 19.9 Å². The first-order valence-corrected chi connectivity index (χ1v) is 22.7. The summed E-state index contributed by atoms with van der Waals surface area (Å²) in [6, 6.07) is 38.5. The van der Waals surface area contributed by atoms with E-state index in [9.17, 15) is 0 Å². The third kappa shape index (κ3) is 8.59. The summed E-state index contributed by atoms with van der Waals surface area (Å²) in [4.78, 5) is 22.4. The number of fused-ring (bicyclic) bond motifs is 6. The number of nitrogens with two attached hydrogens (primary N) is 2. The van der Waals surface area contributed by atoms with Gasteiger partial charge in [0.05, 0.1) is 33.5 Å². The van der Waals surface area contributed by atoms with Gasteiger partial charge >= 0.3 is 0 Å². The smallest absolute Gasteiger partial charge is 0.113 e. The first-order valence-electron chi connectivity index (χ1n) is 22.7. The summed E-state index contributed by atoms with van der Waals surface area (Å²) < 4.78 is 4.88. The maximum atomic E-state index is 8.22. The normalized spacial score (nSPS) is 12.1. The summed E-state index contributed by atoms with van der Waals surface area (Å²) in [6.07, 6.45) is 14.5. The Kier molecular flexibility index (Phi) is 13.3. The van der Waals surface area contributed by atoms with Crippen molar-refractivity contribution in [1.29, 1.82) is 0 Å². The van der Waals surface area contributed by atoms with Crippen LogP contribution in [0.3, 0.4) is 0 Å². The van der Waals surface area contributed by atoms with E-state index in [4.69, 9.17) is 31.4 Å². The van der Waals surface area contributed by atoms with Crippen LogP contribution < -0.4 is 11.5 Å². The molecular weight excluding hydrogens is 737 g/mol. The van der Waals surface area contributed by atoms with Gasteiger partial charge in [0.1, 0.15) is 28.2 Å². The topological polar surface area (TPSA) is 113 Å². The molecule has 60 heavy (non-hydrogen) atoms. The quantitative estimate of drug-likeness (QED) is 0.0700. The minimum atomic E-state index is -1.09. The van der Waals surface area contributed by atoms with Crippen LogP contribution in [0.25, 0.3) is 43.9 Å². The molecule has 4 N–H and O–H groups in total. The van der Waals surface area contributed by atoms with Gasteiger partial charge in [-0.3, -0.25) is 0 Å². The first-order chi connectivity index (χ1) is 29.5. The van der Waals surface area contributed by atoms with Crippen molar-refractivity contribution in [2.45, 2.75) is 122 Å². The highest BCUT2D eigenvalue weighted by Gasteiger charge is 2.40. The summed E-state index contributed by atoms with van der Waals surface area (Å²) >= 11 is 0. The highest BCUT2D eigenvalue weighted by atomic mass is 15.1. The number of aryl methyl sites for hydroxylation is 2. The molecule has 8 nitrogen and oxygen atoms in total. The molecule has 0 bridgehead atoms. The van der Waals surface area contributed by atoms with E-state index in [2.05, 4.69) is 132 Å². The van der Waals surface area contributed by atoms with E-state index in [0.29, 0.717) is 19.5 Å². The third-order valence-corrected chi connectivity index (χ3v) is 12.3. The van der Waals surface area contributed by atoms with Gasteiger partial charge in [-0.15, -0.1) is 0 Å². The first kappa shape index (κ1) is 41.3. The van der Waals surface area contributed by atoms with Crippen LogP contribution in [0.5, 0.6) is 0 Å². The molecule has 0 spiro atoms. The van der Waals surface area contributed by atoms with E-state index in [1.807, 2.05) is 0 Å². The number of pyridine rings is 2. The van der Waals surface area contributed by atoms with E-state index in [1.165, 1.54) is 30.4 Å². The summed E-state index contributed by atoms with van der Waals surface area (Å²) in [6.45, 7) is 6.69. The van der Waals surface area contributed by atoms with Crippen LogP contribution in [0, 0.1) is 0 Å². The van der Waals surface area contributed by atoms with Gasteiger partial charge in [-0.1, -0.05) is 162 Å². The van der Waals surface area contributed by atoms with Gasteiger partial charge in [0.2, 0.25) is 0 Å². The number of hydrogen-bond acceptors (Lipinski definition) is 6. The second-order valence-corrected chi connectivity index (χ2v) is 16.7. The number of imidazole rings is 2. The lowest BCUT2D eigenvalue weighted by Gasteiger charge is -2.30. The Balaban J connectivity index is 1.38. The van der Waals surface area contributed by atoms with E-state index in [0.717, 1.165) is 138 Å². The van der Waals surface area contributed by atoms with Gasteiger partial charge in [0.25, 0.3) is 0 Å². The number of unbranched alkanes of at least 4 members (excludes halogenated alkanes) is 8. The van der Waals surface area contributed by atoms with Crippen molar-refractivity contribution in [3.63, 3.8) is 0 Å². The number of benzene rings is 4. The molecule has 0 saturated heterocycles. The molecule has 8 aromatic rings. The average molecular weight is 799 g/mol. The van der Waals surface area contributed by atoms with Crippen LogP contribution in [-0.2, 0) is 31.5 Å². The summed E-state index contributed by atoms with van der Waals surface area (Å²) in [5.41, 5.74) is 22.8. The summed E-state index contributed by atoms with van der Waals surface area (Å²) in [5.74, 6) is 2.14. The van der Waals surface area contributed by atoms with E-state index >= 15 is 0 Å². The molecule has 4 heterocycles. The van der Waals surface area contributed by atoms with Crippen LogP contribution in [-0.4, -0.2) is 35.6 Å². The van der Waals surface area contributed by atoms with E-state index in [1.54, 1.807) is 0 Å². The lowest BCUT2D eigenvalue weighted by atomic mass is 9.83. The third-order valence-electron chi connectivity index (χ3n) is 12.3. The Hall–Kier alpha value is -5.44. The Morgan fingerprint density at radius 2 is 0.900 bits per heavy atom. The largest absolute Gasteiger partial charge is 0.330 e. The lowest BCUT2D eigenvalue weighted by Crippen LogP contribution is -2.40. The fourth-order valence-corrected chi connectivity index (χ4v) is 9.09. The SMILES string of the molecule is CCCCc1nc2c(C(N)(CCCCCCCCCN)c3nc4ccccc4c4c3nc(CCCC)n4Cc3ccccc3)nc3ccccc3c2n1Cc1ccccc1. The zero-order chi connectivity index (χ0) is 41.3. The zero-order valence-electron chi connectivity index (χ0n) is 35.8. The Labute approximate surface area is 355 Å². The van der Waals surface area contributed by atoms with Gasteiger partial charge in [0.15, 0.2) is 0 Å². The molecule has 0 fully saturated rings. The zero-order valence-corrected chi connectivity index (χ0v) is 35.8. The molecule has 0 saturated carbocycles. The van der Waals surface area contributed by atoms with Gasteiger partial charge in [-0.05, 0) is 55.5 Å². The predicted octanol–water partition coefficient (Wildman–Crippen LogP) is 11.5. The molecule has 0 amide bonds. The van der Waals surface area contributed by atoms with Gasteiger partial charge in [0, 0.05) is 36.7 Å². The van der Waals surface area contributed by atoms with Crippen molar-refractivity contribution in [3.8, 4) is 0 Å². The number of aromatic nitrogens is 6. The van der Waals surface area contributed by atoms with Crippen LogP contribution >= 0.6 is 0 Å². The molecule has 8 heteroatoms. The maximum absolute atomic E-state index is 8.22. The molecule has 4 aromatic heterocycles. The van der Waals surface area contributed by atoms with Gasteiger partial charge in [-0.2, -0.15) is 0 Å². The predicted molar refractivity (Wildman–Crippen MR) is 249 cm³/mol. The molecule has 0 radical (unpaired) electrons. The molecule has 8 rings (SSSR count). The molecule has 310 valence electrons. The van der Waals surface area contributed by atoms with Crippen LogP contribution in [0.1, 0.15) is 125 Å². The number of para-hydroxylation sites is 2. The number of rotatable bonds is 21. The second-order valence-electron chi connectivity index (χ2n) is 16.7. The second kappa shape index (κ2) is 19.3. The molecule has 4 aromatic carbocycles. The summed E-state index contributed by atoms with van der Waals surface area (Å²) in [7, 11) is 0. The molecule has 0 aliphatic carbocycles. The molecular formula is C52H62N8. The fourth-order valence-electron chi connectivity index (χ4n) is 9.09. The summed E-state index contributed by atoms with van der Waals surface area (Å²) in [5, 5.41) is 2.18. The van der Waals surface area contributed by atoms with Gasteiger partial charge < -0.3 is 20.6 Å². The molecule has 0 aliphatic heterocycles. The van der Waals surface area contributed by atoms with E-state index < -0.39 is 5.54 Å². The Morgan fingerprint density at radius 1 is 0.483 bits per heavy atom. The minimum absolute atomic E-state index is 0.669. The minimum Gasteiger partial charge on any atom is -0.330 e. The van der Waals surface area contributed by atoms with Crippen molar-refractivity contribution >= 4 is 43.9 Å².